The third kappa shape index (κ3) is 3.54. The number of benzene rings is 1. The predicted molar refractivity (Wildman–Crippen MR) is 85.3 cm³/mol. The first-order chi connectivity index (χ1) is 9.60. The molecule has 0 saturated carbocycles. The summed E-state index contributed by atoms with van der Waals surface area (Å²) in [5, 5.41) is 0. The maximum Gasteiger partial charge on any atom is 0.219 e. The molecule has 4 heteroatoms. The van der Waals surface area contributed by atoms with Crippen LogP contribution in [0.25, 0.3) is 0 Å². The van der Waals surface area contributed by atoms with Gasteiger partial charge < -0.3 is 10.5 Å². The van der Waals surface area contributed by atoms with Crippen molar-refractivity contribution in [2.45, 2.75) is 26.2 Å². The van der Waals surface area contributed by atoms with Crippen LogP contribution >= 0.6 is 12.2 Å². The summed E-state index contributed by atoms with van der Waals surface area (Å²) in [5.74, 6) is 1.80. The van der Waals surface area contributed by atoms with E-state index in [4.69, 9.17) is 22.7 Å². The minimum Gasteiger partial charge on any atom is -0.439 e. The van der Waals surface area contributed by atoms with Crippen molar-refractivity contribution in [1.82, 2.24) is 4.98 Å². The highest BCUT2D eigenvalue weighted by Gasteiger charge is 2.05. The van der Waals surface area contributed by atoms with E-state index in [9.17, 15) is 0 Å². The lowest BCUT2D eigenvalue weighted by atomic mass is 9.99. The summed E-state index contributed by atoms with van der Waals surface area (Å²) in [6, 6.07) is 11.6. The lowest BCUT2D eigenvalue weighted by Crippen LogP contribution is -2.09. The predicted octanol–water partition coefficient (Wildman–Crippen LogP) is 4.02. The van der Waals surface area contributed by atoms with Crippen LogP contribution < -0.4 is 10.5 Å². The fourth-order valence-corrected chi connectivity index (χ4v) is 1.97. The normalized spacial score (nSPS) is 11.9. The van der Waals surface area contributed by atoms with Crippen molar-refractivity contribution in [1.29, 1.82) is 0 Å². The van der Waals surface area contributed by atoms with Crippen LogP contribution in [-0.4, -0.2) is 9.97 Å². The lowest BCUT2D eigenvalue weighted by Gasteiger charge is -2.10. The van der Waals surface area contributed by atoms with Gasteiger partial charge in [0.15, 0.2) is 0 Å². The summed E-state index contributed by atoms with van der Waals surface area (Å²) in [4.78, 5) is 4.49. The molecule has 2 N–H and O–H groups in total. The summed E-state index contributed by atoms with van der Waals surface area (Å²) in [7, 11) is 0. The van der Waals surface area contributed by atoms with Gasteiger partial charge in [-0.1, -0.05) is 38.2 Å². The van der Waals surface area contributed by atoms with Gasteiger partial charge in [-0.2, -0.15) is 0 Å². The van der Waals surface area contributed by atoms with E-state index in [1.807, 2.05) is 12.1 Å². The summed E-state index contributed by atoms with van der Waals surface area (Å²) in [5.41, 5.74) is 7.65. The van der Waals surface area contributed by atoms with Gasteiger partial charge in [0.1, 0.15) is 10.7 Å². The maximum absolute atomic E-state index is 5.71. The van der Waals surface area contributed by atoms with Gasteiger partial charge in [0.05, 0.1) is 0 Å². The van der Waals surface area contributed by atoms with Gasteiger partial charge >= 0.3 is 0 Å². The maximum atomic E-state index is 5.71. The molecule has 0 fully saturated rings. The van der Waals surface area contributed by atoms with Gasteiger partial charge in [-0.3, -0.25) is 0 Å². The molecule has 0 aliphatic carbocycles. The van der Waals surface area contributed by atoms with Gasteiger partial charge in [0.25, 0.3) is 0 Å². The first-order valence-electron chi connectivity index (χ1n) is 6.63. The van der Waals surface area contributed by atoms with Crippen LogP contribution in [-0.2, 0) is 0 Å². The smallest absolute Gasteiger partial charge is 0.219 e. The van der Waals surface area contributed by atoms with Gasteiger partial charge in [0, 0.05) is 17.8 Å². The Balaban J connectivity index is 2.14. The Morgan fingerprint density at radius 2 is 2.00 bits per heavy atom. The lowest BCUT2D eigenvalue weighted by molar-refractivity contribution is 0.462. The van der Waals surface area contributed by atoms with E-state index in [2.05, 4.69) is 31.0 Å². The van der Waals surface area contributed by atoms with Crippen molar-refractivity contribution in [2.75, 3.05) is 0 Å². The number of pyridine rings is 1. The van der Waals surface area contributed by atoms with E-state index in [0.29, 0.717) is 16.8 Å². The number of rotatable bonds is 5. The van der Waals surface area contributed by atoms with Crippen molar-refractivity contribution >= 4 is 17.2 Å². The summed E-state index contributed by atoms with van der Waals surface area (Å²) < 4.78 is 5.71. The number of nitrogens with zero attached hydrogens (tertiary/aromatic N) is 1. The van der Waals surface area contributed by atoms with Crippen LogP contribution in [0.2, 0.25) is 0 Å². The van der Waals surface area contributed by atoms with Crippen LogP contribution in [0.1, 0.15) is 37.3 Å². The number of nitrogens with two attached hydrogens (primary N) is 1. The van der Waals surface area contributed by atoms with Crippen molar-refractivity contribution in [2.24, 2.45) is 5.73 Å². The summed E-state index contributed by atoms with van der Waals surface area (Å²) in [6.45, 7) is 4.39. The van der Waals surface area contributed by atoms with Crippen LogP contribution in [0.3, 0.4) is 0 Å². The molecule has 104 valence electrons. The number of ether oxygens (including phenoxy) is 1. The van der Waals surface area contributed by atoms with Crippen LogP contribution in [0.4, 0.5) is 0 Å². The first-order valence-corrected chi connectivity index (χ1v) is 7.04. The Morgan fingerprint density at radius 1 is 1.30 bits per heavy atom. The molecule has 0 saturated heterocycles. The quantitative estimate of drug-likeness (QED) is 0.843. The highest BCUT2D eigenvalue weighted by atomic mass is 32.1. The van der Waals surface area contributed by atoms with E-state index in [-0.39, 0.29) is 0 Å². The molecular weight excluding hydrogens is 268 g/mol. The van der Waals surface area contributed by atoms with Gasteiger partial charge in [-0.15, -0.1) is 0 Å². The minimum absolute atomic E-state index is 0.337. The van der Waals surface area contributed by atoms with Gasteiger partial charge in [-0.25, -0.2) is 4.98 Å². The summed E-state index contributed by atoms with van der Waals surface area (Å²) in [6.07, 6.45) is 2.76. The van der Waals surface area contributed by atoms with Crippen molar-refractivity contribution in [3.63, 3.8) is 0 Å². The molecule has 0 radical (unpaired) electrons. The van der Waals surface area contributed by atoms with Crippen LogP contribution in [0.5, 0.6) is 11.6 Å². The topological polar surface area (TPSA) is 48.1 Å². The molecule has 0 spiro atoms. The average molecular weight is 286 g/mol. The van der Waals surface area contributed by atoms with Gasteiger partial charge in [0.2, 0.25) is 5.88 Å². The molecule has 20 heavy (non-hydrogen) atoms. The highest BCUT2D eigenvalue weighted by Crippen LogP contribution is 2.24. The second kappa shape index (κ2) is 6.48. The molecule has 2 aromatic rings. The van der Waals surface area contributed by atoms with Crippen LogP contribution in [0, 0.1) is 0 Å². The molecule has 0 aliphatic rings. The minimum atomic E-state index is 0.337. The molecule has 1 aromatic heterocycles. The largest absolute Gasteiger partial charge is 0.439 e. The molecule has 1 aromatic carbocycles. The fourth-order valence-electron chi connectivity index (χ4n) is 1.84. The number of aromatic nitrogens is 1. The first kappa shape index (κ1) is 14.5. The molecule has 1 unspecified atom stereocenters. The SMILES string of the molecule is CCC(C)c1ccc(Oc2cc(C(N)=S)ccn2)cc1. The van der Waals surface area contributed by atoms with Crippen molar-refractivity contribution in [3.8, 4) is 11.6 Å². The third-order valence-electron chi connectivity index (χ3n) is 3.30. The Morgan fingerprint density at radius 3 is 2.60 bits per heavy atom. The standard InChI is InChI=1S/C16H18N2OS/c1-3-11(2)12-4-6-14(7-5-12)19-15-10-13(16(17)20)8-9-18-15/h4-11H,3H2,1-2H3,(H2,17,20). The molecule has 1 heterocycles. The zero-order valence-electron chi connectivity index (χ0n) is 11.7. The number of thiocarbonyl (C=S) groups is 1. The van der Waals surface area contributed by atoms with E-state index in [1.54, 1.807) is 18.3 Å². The Hall–Kier alpha value is -1.94. The highest BCUT2D eigenvalue weighted by molar-refractivity contribution is 7.80. The molecular formula is C16H18N2OS. The molecule has 0 aliphatic heterocycles. The molecule has 1 atom stereocenters. The summed E-state index contributed by atoms with van der Waals surface area (Å²) >= 11 is 4.94. The van der Waals surface area contributed by atoms with Crippen molar-refractivity contribution in [3.05, 3.63) is 53.7 Å². The zero-order valence-corrected chi connectivity index (χ0v) is 12.5. The zero-order chi connectivity index (χ0) is 14.5. The van der Waals surface area contributed by atoms with Gasteiger partial charge in [-0.05, 0) is 36.1 Å². The van der Waals surface area contributed by atoms with E-state index in [0.717, 1.165) is 17.7 Å². The molecule has 0 amide bonds. The number of hydrogen-bond acceptors (Lipinski definition) is 3. The second-order valence-electron chi connectivity index (χ2n) is 4.73. The number of hydrogen-bond donors (Lipinski definition) is 1. The third-order valence-corrected chi connectivity index (χ3v) is 3.54. The Kier molecular flexibility index (Phi) is 4.69. The van der Waals surface area contributed by atoms with Crippen molar-refractivity contribution < 1.29 is 4.74 Å². The second-order valence-corrected chi connectivity index (χ2v) is 5.17. The molecule has 3 nitrogen and oxygen atoms in total. The Bertz CT molecular complexity index is 596. The van der Waals surface area contributed by atoms with E-state index < -0.39 is 0 Å². The average Bonchev–Trinajstić information content (AvgIpc) is 2.47. The van der Waals surface area contributed by atoms with E-state index in [1.165, 1.54) is 5.56 Å². The molecule has 2 rings (SSSR count). The monoisotopic (exact) mass is 286 g/mol. The molecule has 0 bridgehead atoms. The van der Waals surface area contributed by atoms with Crippen LogP contribution in [0.15, 0.2) is 42.6 Å². The van der Waals surface area contributed by atoms with E-state index >= 15 is 0 Å². The fraction of sp³-hybridized carbons (Fsp3) is 0.250. The Labute approximate surface area is 124 Å².